The minimum Gasteiger partial charge on any atom is -0.497 e. The van der Waals surface area contributed by atoms with Crippen LogP contribution in [0.15, 0.2) is 53.6 Å². The Balaban J connectivity index is 1.67. The van der Waals surface area contributed by atoms with Crippen molar-refractivity contribution in [2.45, 2.75) is 31.8 Å². The number of methoxy groups -OCH3 is 2. The summed E-state index contributed by atoms with van der Waals surface area (Å²) in [6, 6.07) is 11.2. The van der Waals surface area contributed by atoms with Gasteiger partial charge in [0.2, 0.25) is 0 Å². The van der Waals surface area contributed by atoms with Gasteiger partial charge in [0.05, 0.1) is 26.0 Å². The number of hydrogen-bond donors (Lipinski definition) is 1. The molecular weight excluding hydrogens is 380 g/mol. The Morgan fingerprint density at radius 3 is 2.70 bits per heavy atom. The van der Waals surface area contributed by atoms with E-state index in [0.29, 0.717) is 12.4 Å². The molecule has 0 unspecified atom stereocenters. The van der Waals surface area contributed by atoms with Crippen molar-refractivity contribution < 1.29 is 9.47 Å². The van der Waals surface area contributed by atoms with Gasteiger partial charge in [-0.1, -0.05) is 6.42 Å². The molecule has 1 atom stereocenters. The zero-order valence-electron chi connectivity index (χ0n) is 17.3. The summed E-state index contributed by atoms with van der Waals surface area (Å²) in [5.41, 5.74) is 2.56. The van der Waals surface area contributed by atoms with Crippen LogP contribution in [0.5, 0.6) is 11.5 Å². The van der Waals surface area contributed by atoms with E-state index in [9.17, 15) is 4.79 Å². The molecule has 1 N–H and O–H groups in total. The summed E-state index contributed by atoms with van der Waals surface area (Å²) < 4.78 is 11.0. The van der Waals surface area contributed by atoms with Gasteiger partial charge in [-0.2, -0.15) is 0 Å². The Bertz CT molecular complexity index is 1050. The van der Waals surface area contributed by atoms with Crippen LogP contribution in [0.1, 0.15) is 36.6 Å². The molecule has 1 aromatic carbocycles. The summed E-state index contributed by atoms with van der Waals surface area (Å²) in [6.45, 7) is 1.63. The number of benzene rings is 1. The van der Waals surface area contributed by atoms with Crippen molar-refractivity contribution in [2.24, 2.45) is 0 Å². The zero-order valence-corrected chi connectivity index (χ0v) is 17.3. The molecule has 4 rings (SSSR count). The number of ether oxygens (including phenoxy) is 2. The minimum absolute atomic E-state index is 0.0672. The maximum Gasteiger partial charge on any atom is 0.251 e. The summed E-state index contributed by atoms with van der Waals surface area (Å²) in [6.07, 6.45) is 6.57. The minimum atomic E-state index is -0.142. The van der Waals surface area contributed by atoms with Gasteiger partial charge in [0.25, 0.3) is 5.56 Å². The van der Waals surface area contributed by atoms with Crippen molar-refractivity contribution in [3.63, 3.8) is 0 Å². The van der Waals surface area contributed by atoms with Crippen LogP contribution in [-0.4, -0.2) is 40.6 Å². The first-order chi connectivity index (χ1) is 14.7. The molecular formula is C23H26N4O3. The fourth-order valence-electron chi connectivity index (χ4n) is 4.03. The SMILES string of the molecule is COc1ccc(OC)c(CN2CCCC[C@@H]2c2cc(=O)[nH]c(-c3ccncc3)n2)c1. The van der Waals surface area contributed by atoms with Crippen LogP contribution >= 0.6 is 0 Å². The molecule has 0 radical (unpaired) electrons. The molecule has 1 saturated heterocycles. The first-order valence-electron chi connectivity index (χ1n) is 10.1. The zero-order chi connectivity index (χ0) is 20.9. The highest BCUT2D eigenvalue weighted by Crippen LogP contribution is 2.34. The van der Waals surface area contributed by atoms with Crippen molar-refractivity contribution in [3.05, 3.63) is 70.4 Å². The molecule has 1 aliphatic heterocycles. The van der Waals surface area contributed by atoms with Crippen molar-refractivity contribution in [3.8, 4) is 22.9 Å². The van der Waals surface area contributed by atoms with Crippen molar-refractivity contribution in [2.75, 3.05) is 20.8 Å². The quantitative estimate of drug-likeness (QED) is 0.674. The number of aromatic nitrogens is 3. The predicted molar refractivity (Wildman–Crippen MR) is 115 cm³/mol. The maximum absolute atomic E-state index is 12.4. The highest BCUT2D eigenvalue weighted by Gasteiger charge is 2.27. The lowest BCUT2D eigenvalue weighted by Crippen LogP contribution is -2.34. The van der Waals surface area contributed by atoms with E-state index in [1.807, 2.05) is 30.3 Å². The second-order valence-electron chi connectivity index (χ2n) is 7.41. The molecule has 0 saturated carbocycles. The first kappa shape index (κ1) is 20.1. The molecule has 7 nitrogen and oxygen atoms in total. The average Bonchev–Trinajstić information content (AvgIpc) is 2.79. The Kier molecular flexibility index (Phi) is 6.09. The number of rotatable bonds is 6. The topological polar surface area (TPSA) is 80.3 Å². The number of pyridine rings is 1. The number of hydrogen-bond acceptors (Lipinski definition) is 6. The lowest BCUT2D eigenvalue weighted by atomic mass is 9.98. The highest BCUT2D eigenvalue weighted by molar-refractivity contribution is 5.53. The van der Waals surface area contributed by atoms with Crippen LogP contribution < -0.4 is 15.0 Å². The molecule has 30 heavy (non-hydrogen) atoms. The molecule has 0 amide bonds. The van der Waals surface area contributed by atoms with Crippen LogP contribution in [0.4, 0.5) is 0 Å². The van der Waals surface area contributed by atoms with Crippen LogP contribution in [0.2, 0.25) is 0 Å². The molecule has 156 valence electrons. The number of likely N-dealkylation sites (tertiary alicyclic amines) is 1. The van der Waals surface area contributed by atoms with Crippen LogP contribution in [-0.2, 0) is 6.54 Å². The van der Waals surface area contributed by atoms with Gasteiger partial charge in [0.1, 0.15) is 17.3 Å². The molecule has 7 heteroatoms. The van der Waals surface area contributed by atoms with Crippen LogP contribution in [0.25, 0.3) is 11.4 Å². The van der Waals surface area contributed by atoms with Gasteiger partial charge in [-0.3, -0.25) is 14.7 Å². The molecule has 3 heterocycles. The predicted octanol–water partition coefficient (Wildman–Crippen LogP) is 3.58. The van der Waals surface area contributed by atoms with E-state index in [1.165, 1.54) is 0 Å². The highest BCUT2D eigenvalue weighted by atomic mass is 16.5. The summed E-state index contributed by atoms with van der Waals surface area (Å²) in [5.74, 6) is 2.20. The Hall–Kier alpha value is -3.19. The van der Waals surface area contributed by atoms with E-state index in [2.05, 4.69) is 14.9 Å². The summed E-state index contributed by atoms with van der Waals surface area (Å²) >= 11 is 0. The van der Waals surface area contributed by atoms with Gasteiger partial charge >= 0.3 is 0 Å². The molecule has 0 aliphatic carbocycles. The van der Waals surface area contributed by atoms with E-state index in [1.54, 1.807) is 32.7 Å². The fourth-order valence-corrected chi connectivity index (χ4v) is 4.03. The third-order valence-corrected chi connectivity index (χ3v) is 5.53. The normalized spacial score (nSPS) is 16.9. The monoisotopic (exact) mass is 406 g/mol. The lowest BCUT2D eigenvalue weighted by Gasteiger charge is -2.35. The van der Waals surface area contributed by atoms with Crippen molar-refractivity contribution >= 4 is 0 Å². The van der Waals surface area contributed by atoms with Crippen molar-refractivity contribution in [1.82, 2.24) is 19.9 Å². The second-order valence-corrected chi connectivity index (χ2v) is 7.41. The molecule has 0 bridgehead atoms. The summed E-state index contributed by atoms with van der Waals surface area (Å²) in [5, 5.41) is 0. The van der Waals surface area contributed by atoms with E-state index in [4.69, 9.17) is 14.5 Å². The van der Waals surface area contributed by atoms with Crippen molar-refractivity contribution in [1.29, 1.82) is 0 Å². The Morgan fingerprint density at radius 1 is 1.10 bits per heavy atom. The van der Waals surface area contributed by atoms with Crippen LogP contribution in [0.3, 0.4) is 0 Å². The van der Waals surface area contributed by atoms with Crippen LogP contribution in [0, 0.1) is 0 Å². The number of aromatic amines is 1. The molecule has 3 aromatic rings. The molecule has 2 aromatic heterocycles. The second kappa shape index (κ2) is 9.09. The van der Waals surface area contributed by atoms with Gasteiger partial charge in [-0.05, 0) is 49.7 Å². The fraction of sp³-hybridized carbons (Fsp3) is 0.348. The van der Waals surface area contributed by atoms with Gasteiger partial charge in [-0.25, -0.2) is 4.98 Å². The lowest BCUT2D eigenvalue weighted by molar-refractivity contribution is 0.135. The maximum atomic E-state index is 12.4. The number of nitrogens with one attached hydrogen (secondary N) is 1. The first-order valence-corrected chi connectivity index (χ1v) is 10.1. The number of H-pyrrole nitrogens is 1. The van der Waals surface area contributed by atoms with Gasteiger partial charge in [-0.15, -0.1) is 0 Å². The third-order valence-electron chi connectivity index (χ3n) is 5.53. The standard InChI is InChI=1S/C23H26N4O3/c1-29-18-6-7-21(30-2)17(13-18)15-27-12-4-3-5-20(27)19-14-22(28)26-23(25-19)16-8-10-24-11-9-16/h6-11,13-14,20H,3-5,12,15H2,1-2H3,(H,25,26,28)/t20-/m1/s1. The van der Waals surface area contributed by atoms with E-state index in [-0.39, 0.29) is 11.6 Å². The van der Waals surface area contributed by atoms with E-state index in [0.717, 1.165) is 54.1 Å². The molecule has 1 fully saturated rings. The largest absolute Gasteiger partial charge is 0.497 e. The third kappa shape index (κ3) is 4.36. The van der Waals surface area contributed by atoms with Gasteiger partial charge in [0, 0.05) is 36.1 Å². The summed E-state index contributed by atoms with van der Waals surface area (Å²) in [4.78, 5) is 26.5. The summed E-state index contributed by atoms with van der Waals surface area (Å²) in [7, 11) is 3.34. The van der Waals surface area contributed by atoms with E-state index < -0.39 is 0 Å². The number of piperidine rings is 1. The van der Waals surface area contributed by atoms with Gasteiger partial charge < -0.3 is 14.5 Å². The van der Waals surface area contributed by atoms with E-state index >= 15 is 0 Å². The van der Waals surface area contributed by atoms with Gasteiger partial charge in [0.15, 0.2) is 0 Å². The smallest absolute Gasteiger partial charge is 0.251 e. The Morgan fingerprint density at radius 2 is 1.93 bits per heavy atom. The molecule has 1 aliphatic rings. The average molecular weight is 406 g/mol. The Labute approximate surface area is 175 Å². The molecule has 0 spiro atoms. The number of nitrogens with zero attached hydrogens (tertiary/aromatic N) is 3.